The number of nitrogens with zero attached hydrogens (tertiary/aromatic N) is 1. The molecule has 0 aliphatic heterocycles. The zero-order valence-corrected chi connectivity index (χ0v) is 7.20. The number of hydrogen-bond donors (Lipinski definition) is 2. The van der Waals surface area contributed by atoms with E-state index in [-0.39, 0.29) is 0 Å². The summed E-state index contributed by atoms with van der Waals surface area (Å²) in [5, 5.41) is 9.53. The van der Waals surface area contributed by atoms with E-state index < -0.39 is 6.10 Å². The Morgan fingerprint density at radius 1 is 1.58 bits per heavy atom. The van der Waals surface area contributed by atoms with Crippen LogP contribution in [0.25, 0.3) is 0 Å². The molecule has 1 heterocycles. The second-order valence-electron chi connectivity index (χ2n) is 2.82. The second kappa shape index (κ2) is 4.07. The number of aliphatic hydroxyl groups excluding tert-OH is 1. The first-order valence-electron chi connectivity index (χ1n) is 4.13. The first-order valence-corrected chi connectivity index (χ1v) is 4.13. The summed E-state index contributed by atoms with van der Waals surface area (Å²) in [4.78, 5) is 3.90. The van der Waals surface area contributed by atoms with Crippen LogP contribution in [0.3, 0.4) is 0 Å². The molecule has 0 amide bonds. The number of rotatable bonds is 3. The van der Waals surface area contributed by atoms with Gasteiger partial charge in [0.2, 0.25) is 0 Å². The zero-order valence-electron chi connectivity index (χ0n) is 7.20. The first-order chi connectivity index (χ1) is 5.74. The van der Waals surface area contributed by atoms with Crippen LogP contribution in [0.1, 0.15) is 31.4 Å². The third-order valence-corrected chi connectivity index (χ3v) is 1.76. The lowest BCUT2D eigenvalue weighted by Crippen LogP contribution is -1.98. The smallest absolute Gasteiger partial charge is 0.123 e. The Morgan fingerprint density at radius 2 is 2.33 bits per heavy atom. The summed E-state index contributed by atoms with van der Waals surface area (Å²) in [6, 6.07) is 3.51. The average Bonchev–Trinajstić information content (AvgIpc) is 2.06. The molecule has 0 radical (unpaired) electrons. The molecule has 0 aromatic carbocycles. The average molecular weight is 166 g/mol. The van der Waals surface area contributed by atoms with Crippen molar-refractivity contribution in [2.45, 2.75) is 25.9 Å². The van der Waals surface area contributed by atoms with E-state index in [9.17, 15) is 5.11 Å². The minimum atomic E-state index is -0.400. The van der Waals surface area contributed by atoms with Gasteiger partial charge in [0.15, 0.2) is 0 Å². The predicted octanol–water partition coefficient (Wildman–Crippen LogP) is 1.50. The molecule has 0 aliphatic carbocycles. The molecule has 0 saturated heterocycles. The van der Waals surface area contributed by atoms with Gasteiger partial charge in [-0.05, 0) is 18.1 Å². The summed E-state index contributed by atoms with van der Waals surface area (Å²) in [5.41, 5.74) is 6.25. The van der Waals surface area contributed by atoms with E-state index in [0.29, 0.717) is 5.82 Å². The topological polar surface area (TPSA) is 59.1 Å². The van der Waals surface area contributed by atoms with E-state index in [1.54, 1.807) is 12.3 Å². The van der Waals surface area contributed by atoms with Gasteiger partial charge in [0.25, 0.3) is 0 Å². The maximum atomic E-state index is 9.53. The van der Waals surface area contributed by atoms with E-state index >= 15 is 0 Å². The molecule has 3 heteroatoms. The molecule has 1 atom stereocenters. The molecule has 66 valence electrons. The standard InChI is InChI=1S/C9H14N2O/c1-2-3-8(12)7-4-5-9(10)11-6-7/h4-6,8,12H,2-3H2,1H3,(H2,10,11). The number of nitrogens with two attached hydrogens (primary N) is 1. The van der Waals surface area contributed by atoms with Gasteiger partial charge in [-0.15, -0.1) is 0 Å². The van der Waals surface area contributed by atoms with Crippen LogP contribution in [0, 0.1) is 0 Å². The fraction of sp³-hybridized carbons (Fsp3) is 0.444. The van der Waals surface area contributed by atoms with Crippen molar-refractivity contribution in [3.63, 3.8) is 0 Å². The van der Waals surface area contributed by atoms with E-state index in [0.717, 1.165) is 18.4 Å². The highest BCUT2D eigenvalue weighted by atomic mass is 16.3. The Hall–Kier alpha value is -1.09. The number of aliphatic hydroxyl groups is 1. The third kappa shape index (κ3) is 2.20. The third-order valence-electron chi connectivity index (χ3n) is 1.76. The lowest BCUT2D eigenvalue weighted by molar-refractivity contribution is 0.166. The van der Waals surface area contributed by atoms with Crippen molar-refractivity contribution in [1.82, 2.24) is 4.98 Å². The molecule has 1 aromatic rings. The van der Waals surface area contributed by atoms with E-state index in [1.165, 1.54) is 0 Å². The number of nitrogen functional groups attached to an aromatic ring is 1. The van der Waals surface area contributed by atoms with Crippen LogP contribution >= 0.6 is 0 Å². The lowest BCUT2D eigenvalue weighted by atomic mass is 10.1. The molecule has 1 rings (SSSR count). The van der Waals surface area contributed by atoms with Gasteiger partial charge in [-0.2, -0.15) is 0 Å². The monoisotopic (exact) mass is 166 g/mol. The van der Waals surface area contributed by atoms with Crippen molar-refractivity contribution in [1.29, 1.82) is 0 Å². The molecule has 0 spiro atoms. The summed E-state index contributed by atoms with van der Waals surface area (Å²) < 4.78 is 0. The highest BCUT2D eigenvalue weighted by Gasteiger charge is 2.05. The Morgan fingerprint density at radius 3 is 2.83 bits per heavy atom. The van der Waals surface area contributed by atoms with Crippen molar-refractivity contribution in [3.8, 4) is 0 Å². The molecule has 3 N–H and O–H groups in total. The molecule has 1 aromatic heterocycles. The molecule has 12 heavy (non-hydrogen) atoms. The maximum Gasteiger partial charge on any atom is 0.123 e. The summed E-state index contributed by atoms with van der Waals surface area (Å²) in [6.07, 6.45) is 2.95. The van der Waals surface area contributed by atoms with Crippen molar-refractivity contribution in [2.75, 3.05) is 5.73 Å². The van der Waals surface area contributed by atoms with Gasteiger partial charge in [-0.3, -0.25) is 0 Å². The number of aromatic nitrogens is 1. The van der Waals surface area contributed by atoms with Crippen LogP contribution in [0.4, 0.5) is 5.82 Å². The van der Waals surface area contributed by atoms with Gasteiger partial charge in [-0.1, -0.05) is 19.4 Å². The Kier molecular flexibility index (Phi) is 3.05. The van der Waals surface area contributed by atoms with Crippen molar-refractivity contribution in [3.05, 3.63) is 23.9 Å². The molecular formula is C9H14N2O. The highest BCUT2D eigenvalue weighted by Crippen LogP contribution is 2.17. The van der Waals surface area contributed by atoms with Crippen molar-refractivity contribution < 1.29 is 5.11 Å². The second-order valence-corrected chi connectivity index (χ2v) is 2.82. The minimum absolute atomic E-state index is 0.400. The molecule has 3 nitrogen and oxygen atoms in total. The molecule has 0 fully saturated rings. The van der Waals surface area contributed by atoms with Crippen LogP contribution < -0.4 is 5.73 Å². The van der Waals surface area contributed by atoms with Gasteiger partial charge in [0, 0.05) is 6.20 Å². The lowest BCUT2D eigenvalue weighted by Gasteiger charge is -2.08. The van der Waals surface area contributed by atoms with E-state index in [1.807, 2.05) is 13.0 Å². The first kappa shape index (κ1) is 9.00. The summed E-state index contributed by atoms with van der Waals surface area (Å²) in [5.74, 6) is 0.488. The fourth-order valence-electron chi connectivity index (χ4n) is 1.05. The molecule has 1 unspecified atom stereocenters. The van der Waals surface area contributed by atoms with Crippen molar-refractivity contribution >= 4 is 5.82 Å². The van der Waals surface area contributed by atoms with Gasteiger partial charge < -0.3 is 10.8 Å². The highest BCUT2D eigenvalue weighted by molar-refractivity contribution is 5.29. The van der Waals surface area contributed by atoms with E-state index in [2.05, 4.69) is 4.98 Å². The molecule has 0 aliphatic rings. The molecular weight excluding hydrogens is 152 g/mol. The van der Waals surface area contributed by atoms with E-state index in [4.69, 9.17) is 5.73 Å². The van der Waals surface area contributed by atoms with Gasteiger partial charge in [-0.25, -0.2) is 4.98 Å². The van der Waals surface area contributed by atoms with Gasteiger partial charge >= 0.3 is 0 Å². The zero-order chi connectivity index (χ0) is 8.97. The maximum absolute atomic E-state index is 9.53. The largest absolute Gasteiger partial charge is 0.388 e. The number of pyridine rings is 1. The van der Waals surface area contributed by atoms with Crippen LogP contribution in [0.15, 0.2) is 18.3 Å². The minimum Gasteiger partial charge on any atom is -0.388 e. The predicted molar refractivity (Wildman–Crippen MR) is 48.5 cm³/mol. The Labute approximate surface area is 72.2 Å². The molecule has 0 saturated carbocycles. The summed E-state index contributed by atoms with van der Waals surface area (Å²) >= 11 is 0. The Balaban J connectivity index is 2.68. The Bertz CT molecular complexity index is 233. The fourth-order valence-corrected chi connectivity index (χ4v) is 1.05. The number of hydrogen-bond acceptors (Lipinski definition) is 3. The van der Waals surface area contributed by atoms with Crippen LogP contribution in [-0.2, 0) is 0 Å². The summed E-state index contributed by atoms with van der Waals surface area (Å²) in [7, 11) is 0. The van der Waals surface area contributed by atoms with Crippen LogP contribution in [0.5, 0.6) is 0 Å². The van der Waals surface area contributed by atoms with Crippen LogP contribution in [0.2, 0.25) is 0 Å². The van der Waals surface area contributed by atoms with Crippen molar-refractivity contribution in [2.24, 2.45) is 0 Å². The quantitative estimate of drug-likeness (QED) is 0.715. The van der Waals surface area contributed by atoms with Crippen LogP contribution in [-0.4, -0.2) is 10.1 Å². The van der Waals surface area contributed by atoms with Gasteiger partial charge in [0.05, 0.1) is 6.10 Å². The van der Waals surface area contributed by atoms with Gasteiger partial charge in [0.1, 0.15) is 5.82 Å². The summed E-state index contributed by atoms with van der Waals surface area (Å²) in [6.45, 7) is 2.04. The normalized spacial score (nSPS) is 12.8. The number of anilines is 1. The SMILES string of the molecule is CCCC(O)c1ccc(N)nc1. The molecule has 0 bridgehead atoms.